The number of hydrogen-bond donors (Lipinski definition) is 1. The van der Waals surface area contributed by atoms with Gasteiger partial charge in [-0.25, -0.2) is 0 Å². The molecule has 132 valence electrons. The maximum atomic E-state index is 12.6. The Bertz CT molecular complexity index is 761. The zero-order valence-electron chi connectivity index (χ0n) is 14.6. The van der Waals surface area contributed by atoms with Crippen molar-refractivity contribution in [1.82, 2.24) is 10.2 Å². The molecule has 0 aliphatic carbocycles. The fraction of sp³-hybridized carbons (Fsp3) is 0.350. The number of hydrogen-bond acceptors (Lipinski definition) is 3. The molecule has 1 aliphatic heterocycles. The summed E-state index contributed by atoms with van der Waals surface area (Å²) in [5.41, 5.74) is 3.36. The lowest BCUT2D eigenvalue weighted by molar-refractivity contribution is -0.126. The van der Waals surface area contributed by atoms with Crippen molar-refractivity contribution in [3.63, 3.8) is 0 Å². The monoisotopic (exact) mass is 358 g/mol. The fourth-order valence-electron chi connectivity index (χ4n) is 3.08. The Hall–Kier alpha value is -2.04. The molecule has 4 nitrogen and oxygen atoms in total. The molecule has 2 aromatic rings. The Morgan fingerprint density at radius 2 is 2.00 bits per heavy atom. The Morgan fingerprint density at radius 3 is 2.76 bits per heavy atom. The molecule has 5 heteroatoms. The lowest BCUT2D eigenvalue weighted by Gasteiger charge is -2.25. The number of ether oxygens (including phenoxy) is 1. The summed E-state index contributed by atoms with van der Waals surface area (Å²) in [6.07, 6.45) is 0.654. The number of halogens is 1. The van der Waals surface area contributed by atoms with Crippen molar-refractivity contribution >= 4 is 17.5 Å². The van der Waals surface area contributed by atoms with Crippen LogP contribution in [-0.2, 0) is 24.3 Å². The van der Waals surface area contributed by atoms with Crippen LogP contribution < -0.4 is 10.1 Å². The van der Waals surface area contributed by atoms with Gasteiger partial charge >= 0.3 is 0 Å². The number of amides is 1. The van der Waals surface area contributed by atoms with Gasteiger partial charge in [0.2, 0.25) is 5.91 Å². The molecule has 1 aliphatic rings. The highest BCUT2D eigenvalue weighted by molar-refractivity contribution is 6.30. The third-order valence-electron chi connectivity index (χ3n) is 4.36. The Balaban J connectivity index is 1.62. The van der Waals surface area contributed by atoms with Crippen molar-refractivity contribution in [3.05, 3.63) is 64.2 Å². The van der Waals surface area contributed by atoms with Crippen LogP contribution in [0, 0.1) is 5.92 Å². The fourth-order valence-corrected chi connectivity index (χ4v) is 3.28. The van der Waals surface area contributed by atoms with Crippen LogP contribution in [0.3, 0.4) is 0 Å². The van der Waals surface area contributed by atoms with E-state index >= 15 is 0 Å². The summed E-state index contributed by atoms with van der Waals surface area (Å²) in [5, 5.41) is 3.72. The van der Waals surface area contributed by atoms with Crippen LogP contribution in [0.15, 0.2) is 42.5 Å². The van der Waals surface area contributed by atoms with Crippen LogP contribution in [0.1, 0.15) is 16.7 Å². The average molecular weight is 359 g/mol. The predicted octanol–water partition coefficient (Wildman–Crippen LogP) is 3.27. The van der Waals surface area contributed by atoms with E-state index in [0.29, 0.717) is 24.6 Å². The molecule has 0 saturated carbocycles. The summed E-state index contributed by atoms with van der Waals surface area (Å²) >= 11 is 6.04. The lowest BCUT2D eigenvalue weighted by Crippen LogP contribution is -2.37. The number of carbonyl (C=O) groups excluding carboxylic acids is 1. The molecule has 1 N–H and O–H groups in total. The van der Waals surface area contributed by atoms with E-state index in [0.717, 1.165) is 23.4 Å². The van der Waals surface area contributed by atoms with E-state index < -0.39 is 0 Å². The van der Waals surface area contributed by atoms with Crippen molar-refractivity contribution in [3.8, 4) is 5.75 Å². The molecule has 1 amide bonds. The SMILES string of the molecule is CN(C)Cc1ccccc1CNC(=O)[C@H]1COc2ccc(Cl)cc2C1. The normalized spacial score (nSPS) is 16.2. The van der Waals surface area contributed by atoms with Gasteiger partial charge in [-0.3, -0.25) is 4.79 Å². The molecule has 0 fully saturated rings. The third kappa shape index (κ3) is 4.53. The minimum Gasteiger partial charge on any atom is -0.492 e. The molecule has 0 unspecified atom stereocenters. The average Bonchev–Trinajstić information content (AvgIpc) is 2.59. The molecular formula is C20H23ClN2O2. The molecule has 25 heavy (non-hydrogen) atoms. The molecule has 0 saturated heterocycles. The second-order valence-corrected chi connectivity index (χ2v) is 7.12. The molecule has 0 aromatic heterocycles. The van der Waals surface area contributed by atoms with Gasteiger partial charge in [0.15, 0.2) is 0 Å². The van der Waals surface area contributed by atoms with Crippen LogP contribution in [-0.4, -0.2) is 31.5 Å². The number of nitrogens with one attached hydrogen (secondary N) is 1. The molecular weight excluding hydrogens is 336 g/mol. The van der Waals surface area contributed by atoms with Crippen molar-refractivity contribution in [1.29, 1.82) is 0 Å². The van der Waals surface area contributed by atoms with Crippen molar-refractivity contribution < 1.29 is 9.53 Å². The lowest BCUT2D eigenvalue weighted by atomic mass is 9.96. The highest BCUT2D eigenvalue weighted by atomic mass is 35.5. The molecule has 2 aromatic carbocycles. The van der Waals surface area contributed by atoms with E-state index in [9.17, 15) is 4.79 Å². The number of nitrogens with zero attached hydrogens (tertiary/aromatic N) is 1. The Labute approximate surface area is 153 Å². The van der Waals surface area contributed by atoms with Crippen molar-refractivity contribution in [2.24, 2.45) is 5.92 Å². The summed E-state index contributed by atoms with van der Waals surface area (Å²) in [7, 11) is 4.08. The second kappa shape index (κ2) is 7.89. The molecule has 0 spiro atoms. The first-order valence-electron chi connectivity index (χ1n) is 8.43. The minimum atomic E-state index is -0.188. The third-order valence-corrected chi connectivity index (χ3v) is 4.59. The van der Waals surface area contributed by atoms with Crippen molar-refractivity contribution in [2.45, 2.75) is 19.5 Å². The Morgan fingerprint density at radius 1 is 1.24 bits per heavy atom. The summed E-state index contributed by atoms with van der Waals surface area (Å²) in [6, 6.07) is 13.7. The smallest absolute Gasteiger partial charge is 0.227 e. The number of fused-ring (bicyclic) bond motifs is 1. The van der Waals surface area contributed by atoms with Gasteiger partial charge in [-0.15, -0.1) is 0 Å². The summed E-state index contributed by atoms with van der Waals surface area (Å²) < 4.78 is 5.71. The van der Waals surface area contributed by atoms with E-state index in [1.807, 2.05) is 44.4 Å². The quantitative estimate of drug-likeness (QED) is 0.891. The van der Waals surface area contributed by atoms with Gasteiger partial charge in [0.05, 0.1) is 5.92 Å². The maximum absolute atomic E-state index is 12.6. The zero-order valence-corrected chi connectivity index (χ0v) is 15.3. The number of carbonyl (C=O) groups is 1. The summed E-state index contributed by atoms with van der Waals surface area (Å²) in [5.74, 6) is 0.655. The summed E-state index contributed by atoms with van der Waals surface area (Å²) in [6.45, 7) is 1.78. The largest absolute Gasteiger partial charge is 0.492 e. The molecule has 3 rings (SSSR count). The molecule has 0 bridgehead atoms. The minimum absolute atomic E-state index is 0.0188. The van der Waals surface area contributed by atoms with Crippen LogP contribution >= 0.6 is 11.6 Å². The number of benzene rings is 2. The van der Waals surface area contributed by atoms with Crippen LogP contribution in [0.5, 0.6) is 5.75 Å². The van der Waals surface area contributed by atoms with Crippen molar-refractivity contribution in [2.75, 3.05) is 20.7 Å². The van der Waals surface area contributed by atoms with E-state index in [4.69, 9.17) is 16.3 Å². The topological polar surface area (TPSA) is 41.6 Å². The molecule has 0 radical (unpaired) electrons. The zero-order chi connectivity index (χ0) is 17.8. The van der Waals surface area contributed by atoms with Crippen LogP contribution in [0.2, 0.25) is 5.02 Å². The van der Waals surface area contributed by atoms with Gasteiger partial charge in [0, 0.05) is 18.1 Å². The van der Waals surface area contributed by atoms with Crippen LogP contribution in [0.25, 0.3) is 0 Å². The molecule has 1 heterocycles. The van der Waals surface area contributed by atoms with Gasteiger partial charge < -0.3 is 15.0 Å². The van der Waals surface area contributed by atoms with Gasteiger partial charge in [-0.05, 0) is 55.4 Å². The summed E-state index contributed by atoms with van der Waals surface area (Å²) in [4.78, 5) is 14.7. The van der Waals surface area contributed by atoms with Gasteiger partial charge in [-0.2, -0.15) is 0 Å². The van der Waals surface area contributed by atoms with Gasteiger partial charge in [-0.1, -0.05) is 35.9 Å². The second-order valence-electron chi connectivity index (χ2n) is 6.69. The Kier molecular flexibility index (Phi) is 5.61. The highest BCUT2D eigenvalue weighted by Gasteiger charge is 2.26. The first-order valence-corrected chi connectivity index (χ1v) is 8.81. The molecule has 1 atom stereocenters. The first-order chi connectivity index (χ1) is 12.0. The highest BCUT2D eigenvalue weighted by Crippen LogP contribution is 2.29. The predicted molar refractivity (Wildman–Crippen MR) is 99.8 cm³/mol. The van der Waals surface area contributed by atoms with E-state index in [-0.39, 0.29) is 11.8 Å². The maximum Gasteiger partial charge on any atom is 0.227 e. The number of rotatable bonds is 5. The van der Waals surface area contributed by atoms with Crippen LogP contribution in [0.4, 0.5) is 0 Å². The first kappa shape index (κ1) is 17.8. The van der Waals surface area contributed by atoms with E-state index in [1.165, 1.54) is 5.56 Å². The van der Waals surface area contributed by atoms with Gasteiger partial charge in [0.1, 0.15) is 12.4 Å². The van der Waals surface area contributed by atoms with Gasteiger partial charge in [0.25, 0.3) is 0 Å². The standard InChI is InChI=1S/C20H23ClN2O2/c1-23(2)12-15-6-4-3-5-14(15)11-22-20(24)17-9-16-10-18(21)7-8-19(16)25-13-17/h3-8,10,17H,9,11-13H2,1-2H3,(H,22,24)/t17-/m1/s1. The van der Waals surface area contributed by atoms with E-state index in [1.54, 1.807) is 0 Å². The van der Waals surface area contributed by atoms with E-state index in [2.05, 4.69) is 22.3 Å².